The van der Waals surface area contributed by atoms with Gasteiger partial charge in [-0.25, -0.2) is 4.79 Å². The molecule has 0 bridgehead atoms. The molecule has 0 radical (unpaired) electrons. The molecule has 0 amide bonds. The molecule has 2 aromatic rings. The van der Waals surface area contributed by atoms with Gasteiger partial charge >= 0.3 is 5.97 Å². The number of carbonyl (C=O) groups is 1. The van der Waals surface area contributed by atoms with E-state index < -0.39 is 11.4 Å². The molecule has 0 fully saturated rings. The SMILES string of the molecule is CCn1cc(C(=O)O)c(=O)c2cc(C=NO)sc21. The van der Waals surface area contributed by atoms with Crippen molar-refractivity contribution in [1.82, 2.24) is 4.57 Å². The van der Waals surface area contributed by atoms with Gasteiger partial charge in [0, 0.05) is 12.7 Å². The molecule has 2 N–H and O–H groups in total. The van der Waals surface area contributed by atoms with Crippen LogP contribution in [0.2, 0.25) is 0 Å². The number of pyridine rings is 1. The standard InChI is InChI=1S/C11H10N2O4S/c1-2-13-5-8(11(15)16)9(14)7-3-6(4-12-17)18-10(7)13/h3-5,17H,2H2,1H3,(H,15,16). The Bertz CT molecular complexity index is 699. The third kappa shape index (κ3) is 1.88. The Balaban J connectivity index is 2.85. The highest BCUT2D eigenvalue weighted by Gasteiger charge is 2.16. The highest BCUT2D eigenvalue weighted by Crippen LogP contribution is 2.22. The topological polar surface area (TPSA) is 91.9 Å². The third-order valence-electron chi connectivity index (χ3n) is 2.52. The van der Waals surface area contributed by atoms with Gasteiger partial charge in [0.1, 0.15) is 10.4 Å². The van der Waals surface area contributed by atoms with Gasteiger partial charge in [-0.05, 0) is 13.0 Å². The Morgan fingerprint density at radius 2 is 2.33 bits per heavy atom. The van der Waals surface area contributed by atoms with E-state index in [9.17, 15) is 9.59 Å². The van der Waals surface area contributed by atoms with E-state index >= 15 is 0 Å². The molecule has 0 saturated carbocycles. The van der Waals surface area contributed by atoms with Gasteiger partial charge in [-0.3, -0.25) is 4.79 Å². The number of carboxylic acids is 1. The summed E-state index contributed by atoms with van der Waals surface area (Å²) in [6, 6.07) is 1.53. The lowest BCUT2D eigenvalue weighted by Gasteiger charge is -2.05. The van der Waals surface area contributed by atoms with E-state index in [-0.39, 0.29) is 5.56 Å². The van der Waals surface area contributed by atoms with Gasteiger partial charge in [0.05, 0.1) is 16.5 Å². The van der Waals surface area contributed by atoms with Crippen LogP contribution in [0, 0.1) is 0 Å². The Morgan fingerprint density at radius 1 is 1.61 bits per heavy atom. The summed E-state index contributed by atoms with van der Waals surface area (Å²) in [5.41, 5.74) is -0.773. The predicted octanol–water partition coefficient (Wildman–Crippen LogP) is 1.59. The van der Waals surface area contributed by atoms with Crippen LogP contribution in [0.15, 0.2) is 22.2 Å². The number of nitrogens with zero attached hydrogens (tertiary/aromatic N) is 2. The molecule has 2 rings (SSSR count). The quantitative estimate of drug-likeness (QED) is 0.501. The van der Waals surface area contributed by atoms with E-state index in [2.05, 4.69) is 5.16 Å². The van der Waals surface area contributed by atoms with Crippen molar-refractivity contribution in [2.45, 2.75) is 13.5 Å². The number of thiophene rings is 1. The Labute approximate surface area is 105 Å². The normalized spacial score (nSPS) is 11.4. The summed E-state index contributed by atoms with van der Waals surface area (Å²) in [6.07, 6.45) is 2.55. The zero-order valence-electron chi connectivity index (χ0n) is 9.45. The van der Waals surface area contributed by atoms with E-state index in [0.29, 0.717) is 21.6 Å². The van der Waals surface area contributed by atoms with Gasteiger partial charge in [0.2, 0.25) is 5.43 Å². The zero-order chi connectivity index (χ0) is 13.3. The summed E-state index contributed by atoms with van der Waals surface area (Å²) < 4.78 is 1.69. The number of aryl methyl sites for hydroxylation is 1. The lowest BCUT2D eigenvalue weighted by molar-refractivity contribution is 0.0695. The fourth-order valence-corrected chi connectivity index (χ4v) is 2.76. The summed E-state index contributed by atoms with van der Waals surface area (Å²) in [7, 11) is 0. The molecular formula is C11H10N2O4S. The van der Waals surface area contributed by atoms with Crippen molar-refractivity contribution in [1.29, 1.82) is 0 Å². The molecule has 0 aliphatic heterocycles. The predicted molar refractivity (Wildman–Crippen MR) is 68.1 cm³/mol. The van der Waals surface area contributed by atoms with Crippen molar-refractivity contribution < 1.29 is 15.1 Å². The largest absolute Gasteiger partial charge is 0.477 e. The van der Waals surface area contributed by atoms with Crippen molar-refractivity contribution in [3.63, 3.8) is 0 Å². The van der Waals surface area contributed by atoms with E-state index in [1.54, 1.807) is 4.57 Å². The summed E-state index contributed by atoms with van der Waals surface area (Å²) in [5.74, 6) is -1.24. The molecule has 7 heteroatoms. The maximum absolute atomic E-state index is 12.0. The second-order valence-corrected chi connectivity index (χ2v) is 4.64. The molecule has 18 heavy (non-hydrogen) atoms. The van der Waals surface area contributed by atoms with Crippen molar-refractivity contribution >= 4 is 33.7 Å². The van der Waals surface area contributed by atoms with E-state index in [1.165, 1.54) is 29.8 Å². The Kier molecular flexibility index (Phi) is 3.15. The zero-order valence-corrected chi connectivity index (χ0v) is 10.3. The first-order valence-electron chi connectivity index (χ1n) is 5.16. The maximum Gasteiger partial charge on any atom is 0.341 e. The molecule has 2 heterocycles. The monoisotopic (exact) mass is 266 g/mol. The van der Waals surface area contributed by atoms with Gasteiger partial charge in [-0.15, -0.1) is 11.3 Å². The number of aromatic nitrogens is 1. The molecule has 0 aromatic carbocycles. The van der Waals surface area contributed by atoms with E-state index in [0.717, 1.165) is 0 Å². The smallest absolute Gasteiger partial charge is 0.341 e. The fraction of sp³-hybridized carbons (Fsp3) is 0.182. The van der Waals surface area contributed by atoms with Gasteiger partial charge in [0.15, 0.2) is 0 Å². The molecule has 0 aliphatic rings. The fourth-order valence-electron chi connectivity index (χ4n) is 1.70. The van der Waals surface area contributed by atoms with Crippen LogP contribution in [-0.4, -0.2) is 27.1 Å². The van der Waals surface area contributed by atoms with Crippen molar-refractivity contribution in [3.05, 3.63) is 32.9 Å². The van der Waals surface area contributed by atoms with Crippen LogP contribution in [0.3, 0.4) is 0 Å². The van der Waals surface area contributed by atoms with Gasteiger partial charge in [0.25, 0.3) is 0 Å². The second-order valence-electron chi connectivity index (χ2n) is 3.58. The van der Waals surface area contributed by atoms with Crippen LogP contribution in [0.1, 0.15) is 22.2 Å². The molecule has 94 valence electrons. The molecule has 2 aromatic heterocycles. The van der Waals surface area contributed by atoms with Crippen LogP contribution < -0.4 is 5.43 Å². The summed E-state index contributed by atoms with van der Waals surface area (Å²) in [5, 5.41) is 20.7. The van der Waals surface area contributed by atoms with E-state index in [4.69, 9.17) is 10.3 Å². The van der Waals surface area contributed by atoms with Gasteiger partial charge in [-0.1, -0.05) is 5.16 Å². The Morgan fingerprint density at radius 3 is 2.89 bits per heavy atom. The molecule has 0 saturated heterocycles. The highest BCUT2D eigenvalue weighted by molar-refractivity contribution is 7.20. The first-order valence-corrected chi connectivity index (χ1v) is 5.97. The number of aromatic carboxylic acids is 1. The summed E-state index contributed by atoms with van der Waals surface area (Å²) in [6.45, 7) is 2.41. The molecule has 0 spiro atoms. The molecular weight excluding hydrogens is 256 g/mol. The number of rotatable bonds is 3. The van der Waals surface area contributed by atoms with Crippen LogP contribution in [-0.2, 0) is 6.54 Å². The van der Waals surface area contributed by atoms with E-state index in [1.807, 2.05) is 6.92 Å². The van der Waals surface area contributed by atoms with Crippen LogP contribution >= 0.6 is 11.3 Å². The first kappa shape index (κ1) is 12.3. The van der Waals surface area contributed by atoms with Gasteiger partial charge in [-0.2, -0.15) is 0 Å². The van der Waals surface area contributed by atoms with Gasteiger partial charge < -0.3 is 14.9 Å². The average molecular weight is 266 g/mol. The summed E-state index contributed by atoms with van der Waals surface area (Å²) >= 11 is 1.27. The minimum Gasteiger partial charge on any atom is -0.477 e. The first-order chi connectivity index (χ1) is 8.58. The molecule has 6 nitrogen and oxygen atoms in total. The van der Waals surface area contributed by atoms with Crippen LogP contribution in [0.5, 0.6) is 0 Å². The lowest BCUT2D eigenvalue weighted by atomic mass is 10.2. The number of fused-ring (bicyclic) bond motifs is 1. The highest BCUT2D eigenvalue weighted by atomic mass is 32.1. The molecule has 0 atom stereocenters. The van der Waals surface area contributed by atoms with Crippen molar-refractivity contribution in [2.24, 2.45) is 5.16 Å². The van der Waals surface area contributed by atoms with Crippen LogP contribution in [0.4, 0.5) is 0 Å². The maximum atomic E-state index is 12.0. The average Bonchev–Trinajstić information content (AvgIpc) is 2.74. The summed E-state index contributed by atoms with van der Waals surface area (Å²) in [4.78, 5) is 24.2. The molecule has 0 unspecified atom stereocenters. The number of oxime groups is 1. The minimum absolute atomic E-state index is 0.255. The number of hydrogen-bond donors (Lipinski definition) is 2. The molecule has 0 aliphatic carbocycles. The number of hydrogen-bond acceptors (Lipinski definition) is 5. The minimum atomic E-state index is -1.24. The lowest BCUT2D eigenvalue weighted by Crippen LogP contribution is -2.17. The third-order valence-corrected chi connectivity index (χ3v) is 3.63. The van der Waals surface area contributed by atoms with Crippen molar-refractivity contribution in [2.75, 3.05) is 0 Å². The second kappa shape index (κ2) is 4.61. The van der Waals surface area contributed by atoms with Crippen LogP contribution in [0.25, 0.3) is 10.2 Å². The van der Waals surface area contributed by atoms with Crippen molar-refractivity contribution in [3.8, 4) is 0 Å². The number of carboxylic acid groups (broad SMARTS) is 1. The Hall–Kier alpha value is -2.15.